The Morgan fingerprint density at radius 2 is 2.42 bits per heavy atom. The Balaban J connectivity index is 1.62. The summed E-state index contributed by atoms with van der Waals surface area (Å²) in [5.41, 5.74) is 0.459. The van der Waals surface area contributed by atoms with E-state index in [2.05, 4.69) is 15.8 Å². The molecule has 3 rings (SSSR count). The molecule has 7 heteroatoms. The fraction of sp³-hybridized carbons (Fsp3) is 0.789. The number of rotatable bonds is 8. The van der Waals surface area contributed by atoms with Gasteiger partial charge in [0.15, 0.2) is 0 Å². The van der Waals surface area contributed by atoms with Crippen molar-refractivity contribution in [1.82, 2.24) is 15.8 Å². The first-order valence-electron chi connectivity index (χ1n) is 9.73. The predicted molar refractivity (Wildman–Crippen MR) is 97.0 cm³/mol. The molecule has 7 nitrogen and oxygen atoms in total. The lowest BCUT2D eigenvalue weighted by atomic mass is 9.76. The van der Waals surface area contributed by atoms with Crippen LogP contribution in [0, 0.1) is 5.41 Å². The van der Waals surface area contributed by atoms with Crippen LogP contribution in [0.5, 0.6) is 0 Å². The zero-order chi connectivity index (χ0) is 18.4. The Labute approximate surface area is 155 Å². The number of piperidine rings is 1. The monoisotopic (exact) mass is 365 g/mol. The minimum absolute atomic E-state index is 0.0687. The average Bonchev–Trinajstić information content (AvgIpc) is 3.30. The lowest BCUT2D eigenvalue weighted by Crippen LogP contribution is -2.52. The van der Waals surface area contributed by atoms with Gasteiger partial charge in [-0.25, -0.2) is 0 Å². The highest BCUT2D eigenvalue weighted by atomic mass is 16.5. The lowest BCUT2D eigenvalue weighted by Gasteiger charge is -2.35. The summed E-state index contributed by atoms with van der Waals surface area (Å²) < 4.78 is 16.5. The highest BCUT2D eigenvalue weighted by molar-refractivity contribution is 5.83. The third-order valence-electron chi connectivity index (χ3n) is 5.23. The molecule has 0 bridgehead atoms. The fourth-order valence-corrected chi connectivity index (χ4v) is 3.75. The van der Waals surface area contributed by atoms with Crippen LogP contribution in [0.3, 0.4) is 0 Å². The van der Waals surface area contributed by atoms with Gasteiger partial charge in [-0.05, 0) is 39.7 Å². The number of carbonyl (C=O) groups excluding carboxylic acids is 1. The van der Waals surface area contributed by atoms with Crippen molar-refractivity contribution in [2.45, 2.75) is 51.6 Å². The van der Waals surface area contributed by atoms with E-state index >= 15 is 0 Å². The van der Waals surface area contributed by atoms with Gasteiger partial charge in [0.1, 0.15) is 5.76 Å². The highest BCUT2D eigenvalue weighted by Gasteiger charge is 2.41. The average molecular weight is 365 g/mol. The Morgan fingerprint density at radius 3 is 3.12 bits per heavy atom. The number of nitrogens with zero attached hydrogens (tertiary/aromatic N) is 1. The van der Waals surface area contributed by atoms with Crippen molar-refractivity contribution in [3.8, 4) is 0 Å². The summed E-state index contributed by atoms with van der Waals surface area (Å²) in [5.74, 6) is 1.17. The molecule has 0 aliphatic carbocycles. The van der Waals surface area contributed by atoms with E-state index in [1.807, 2.05) is 19.9 Å². The van der Waals surface area contributed by atoms with E-state index < -0.39 is 5.41 Å². The van der Waals surface area contributed by atoms with Crippen molar-refractivity contribution < 1.29 is 18.8 Å². The summed E-state index contributed by atoms with van der Waals surface area (Å²) >= 11 is 0. The van der Waals surface area contributed by atoms with Gasteiger partial charge in [0.25, 0.3) is 0 Å². The predicted octanol–water partition coefficient (Wildman–Crippen LogP) is 1.63. The summed E-state index contributed by atoms with van der Waals surface area (Å²) in [4.78, 5) is 12.9. The minimum atomic E-state index is -0.487. The van der Waals surface area contributed by atoms with Gasteiger partial charge in [-0.2, -0.15) is 0 Å². The molecule has 0 radical (unpaired) electrons. The van der Waals surface area contributed by atoms with Crippen LogP contribution < -0.4 is 10.6 Å². The molecule has 2 N–H and O–H groups in total. The Kier molecular flexibility index (Phi) is 6.67. The third kappa shape index (κ3) is 4.84. The van der Waals surface area contributed by atoms with Gasteiger partial charge in [-0.3, -0.25) is 4.79 Å². The van der Waals surface area contributed by atoms with E-state index in [9.17, 15) is 4.79 Å². The zero-order valence-electron chi connectivity index (χ0n) is 15.9. The van der Waals surface area contributed by atoms with Gasteiger partial charge in [0.05, 0.1) is 30.4 Å². The smallest absolute Gasteiger partial charge is 0.228 e. The number of aromatic nitrogens is 1. The first-order chi connectivity index (χ1) is 12.6. The van der Waals surface area contributed by atoms with E-state index in [1.54, 1.807) is 0 Å². The fourth-order valence-electron chi connectivity index (χ4n) is 3.75. The molecule has 2 aliphatic rings. The van der Waals surface area contributed by atoms with E-state index in [-0.39, 0.29) is 12.0 Å². The number of nitrogens with one attached hydrogen (secondary N) is 2. The van der Waals surface area contributed by atoms with Crippen molar-refractivity contribution in [3.63, 3.8) is 0 Å². The molecule has 1 aromatic rings. The van der Waals surface area contributed by atoms with Crippen molar-refractivity contribution in [3.05, 3.63) is 17.5 Å². The summed E-state index contributed by atoms with van der Waals surface area (Å²) in [7, 11) is 0. The first kappa shape index (κ1) is 19.3. The van der Waals surface area contributed by atoms with Gasteiger partial charge in [0, 0.05) is 38.1 Å². The van der Waals surface area contributed by atoms with Crippen LogP contribution in [0.4, 0.5) is 0 Å². The molecule has 0 spiro atoms. The lowest BCUT2D eigenvalue weighted by molar-refractivity contribution is -0.132. The highest BCUT2D eigenvalue weighted by Crippen LogP contribution is 2.33. The molecule has 1 aromatic heterocycles. The van der Waals surface area contributed by atoms with Crippen LogP contribution in [-0.2, 0) is 20.7 Å². The molecule has 2 saturated heterocycles. The van der Waals surface area contributed by atoms with Crippen molar-refractivity contribution in [1.29, 1.82) is 0 Å². The quantitative estimate of drug-likeness (QED) is 0.681. The van der Waals surface area contributed by atoms with Crippen LogP contribution >= 0.6 is 0 Å². The van der Waals surface area contributed by atoms with E-state index in [0.717, 1.165) is 43.9 Å². The van der Waals surface area contributed by atoms with Crippen LogP contribution in [0.25, 0.3) is 0 Å². The number of ether oxygens (including phenoxy) is 2. The van der Waals surface area contributed by atoms with Gasteiger partial charge >= 0.3 is 0 Å². The molecular formula is C19H31N3O4. The van der Waals surface area contributed by atoms with Gasteiger partial charge in [-0.15, -0.1) is 0 Å². The molecule has 2 aliphatic heterocycles. The topological polar surface area (TPSA) is 85.6 Å². The molecule has 26 heavy (non-hydrogen) atoms. The number of carbonyl (C=O) groups is 1. The SMILES string of the molecule is CC(C)OCCNC(=O)[C@]1(Cc2cc([C@@H]3CCOC3)no2)CCCNC1. The molecule has 2 fully saturated rings. The molecule has 0 unspecified atom stereocenters. The van der Waals surface area contributed by atoms with E-state index in [4.69, 9.17) is 14.0 Å². The second kappa shape index (κ2) is 8.97. The van der Waals surface area contributed by atoms with Crippen LogP contribution in [-0.4, -0.2) is 56.6 Å². The second-order valence-electron chi connectivity index (χ2n) is 7.69. The molecular weight excluding hydrogens is 334 g/mol. The standard InChI is InChI=1S/C19H31N3O4/c1-14(2)25-9-7-21-18(23)19(5-3-6-20-13-19)11-16-10-17(22-26-16)15-4-8-24-12-15/h10,14-15,20H,3-9,11-13H2,1-2H3,(H,21,23)/t15-,19+/m1/s1. The van der Waals surface area contributed by atoms with E-state index in [0.29, 0.717) is 38.6 Å². The first-order valence-corrected chi connectivity index (χ1v) is 9.73. The largest absolute Gasteiger partial charge is 0.381 e. The zero-order valence-corrected chi connectivity index (χ0v) is 15.9. The van der Waals surface area contributed by atoms with Crippen LogP contribution in [0.1, 0.15) is 50.5 Å². The van der Waals surface area contributed by atoms with Crippen LogP contribution in [0.2, 0.25) is 0 Å². The summed E-state index contributed by atoms with van der Waals surface area (Å²) in [6, 6.07) is 2.00. The summed E-state index contributed by atoms with van der Waals surface area (Å²) in [6.45, 7) is 8.13. The van der Waals surface area contributed by atoms with Crippen molar-refractivity contribution in [2.24, 2.45) is 5.41 Å². The van der Waals surface area contributed by atoms with Gasteiger partial charge in [-0.1, -0.05) is 5.16 Å². The van der Waals surface area contributed by atoms with Gasteiger partial charge < -0.3 is 24.6 Å². The number of hydrogen-bond acceptors (Lipinski definition) is 6. The normalized spacial score (nSPS) is 26.3. The second-order valence-corrected chi connectivity index (χ2v) is 7.69. The number of hydrogen-bond donors (Lipinski definition) is 2. The van der Waals surface area contributed by atoms with Crippen LogP contribution in [0.15, 0.2) is 10.6 Å². The minimum Gasteiger partial charge on any atom is -0.381 e. The maximum absolute atomic E-state index is 12.9. The molecule has 2 atom stereocenters. The Hall–Kier alpha value is -1.44. The Morgan fingerprint density at radius 1 is 1.54 bits per heavy atom. The molecule has 1 amide bonds. The summed E-state index contributed by atoms with van der Waals surface area (Å²) in [5, 5.41) is 10.6. The van der Waals surface area contributed by atoms with E-state index in [1.165, 1.54) is 0 Å². The molecule has 0 saturated carbocycles. The maximum atomic E-state index is 12.9. The van der Waals surface area contributed by atoms with Crippen molar-refractivity contribution >= 4 is 5.91 Å². The molecule has 146 valence electrons. The maximum Gasteiger partial charge on any atom is 0.228 e. The molecule has 3 heterocycles. The number of amides is 1. The van der Waals surface area contributed by atoms with Crippen molar-refractivity contribution in [2.75, 3.05) is 39.5 Å². The molecule has 0 aromatic carbocycles. The summed E-state index contributed by atoms with van der Waals surface area (Å²) in [6.07, 6.45) is 3.55. The third-order valence-corrected chi connectivity index (χ3v) is 5.23. The Bertz CT molecular complexity index is 575. The van der Waals surface area contributed by atoms with Gasteiger partial charge in [0.2, 0.25) is 5.91 Å².